The summed E-state index contributed by atoms with van der Waals surface area (Å²) in [5.74, 6) is -0.407. The summed E-state index contributed by atoms with van der Waals surface area (Å²) in [6.45, 7) is 4.13. The van der Waals surface area contributed by atoms with Crippen molar-refractivity contribution in [3.63, 3.8) is 0 Å². The van der Waals surface area contributed by atoms with Crippen LogP contribution in [0.15, 0.2) is 0 Å². The molecule has 118 valence electrons. The van der Waals surface area contributed by atoms with Crippen LogP contribution in [-0.4, -0.2) is 71.8 Å². The zero-order valence-electron chi connectivity index (χ0n) is 12.2. The average molecular weight is 289 g/mol. The number of piperidine rings is 2. The minimum absolute atomic E-state index is 0.407. The van der Waals surface area contributed by atoms with Gasteiger partial charge in [-0.05, 0) is 32.9 Å². The Morgan fingerprint density at radius 3 is 2.05 bits per heavy atom. The smallest absolute Gasteiger partial charge is 0.239 e. The third-order valence-corrected chi connectivity index (χ3v) is 3.73. The molecular weight excluding hydrogens is 262 g/mol. The van der Waals surface area contributed by atoms with Crippen molar-refractivity contribution in [2.24, 2.45) is 0 Å². The van der Waals surface area contributed by atoms with Gasteiger partial charge in [-0.3, -0.25) is 10.1 Å². The van der Waals surface area contributed by atoms with Gasteiger partial charge in [0, 0.05) is 13.1 Å². The summed E-state index contributed by atoms with van der Waals surface area (Å²) in [5.41, 5.74) is 0. The fourth-order valence-electron chi connectivity index (χ4n) is 2.36. The van der Waals surface area contributed by atoms with E-state index in [2.05, 4.69) is 16.0 Å². The molecule has 2 heterocycles. The summed E-state index contributed by atoms with van der Waals surface area (Å²) >= 11 is 0. The second-order valence-electron chi connectivity index (χ2n) is 5.33. The quantitative estimate of drug-likeness (QED) is 0.331. The summed E-state index contributed by atoms with van der Waals surface area (Å²) < 4.78 is 0. The number of carbonyl (C=O) groups is 1. The molecule has 2 rings (SSSR count). The van der Waals surface area contributed by atoms with E-state index in [0.717, 1.165) is 0 Å². The lowest BCUT2D eigenvalue weighted by Crippen LogP contribution is -2.67. The van der Waals surface area contributed by atoms with E-state index >= 15 is 0 Å². The minimum Gasteiger partial charge on any atom is -0.389 e. The Bertz CT molecular complexity index is 288. The van der Waals surface area contributed by atoms with Crippen LogP contribution in [0.2, 0.25) is 0 Å². The van der Waals surface area contributed by atoms with Crippen molar-refractivity contribution in [3.05, 3.63) is 0 Å². The predicted molar refractivity (Wildman–Crippen MR) is 75.2 cm³/mol. The molecule has 0 radical (unpaired) electrons. The van der Waals surface area contributed by atoms with Crippen LogP contribution in [0.5, 0.6) is 0 Å². The maximum Gasteiger partial charge on any atom is 0.239 e. The van der Waals surface area contributed by atoms with Crippen molar-refractivity contribution in [1.29, 1.82) is 0 Å². The summed E-state index contributed by atoms with van der Waals surface area (Å²) in [6.07, 6.45) is 0.563. The second kappa shape index (κ2) is 8.53. The number of likely N-dealkylation sites (N-methyl/N-ethyl adjacent to an activating group) is 1. The molecule has 1 amide bonds. The van der Waals surface area contributed by atoms with Crippen molar-refractivity contribution in [1.82, 2.24) is 16.0 Å². The van der Waals surface area contributed by atoms with Crippen LogP contribution in [0.4, 0.5) is 0 Å². The lowest BCUT2D eigenvalue weighted by molar-refractivity contribution is -0.141. The van der Waals surface area contributed by atoms with Gasteiger partial charge in [-0.2, -0.15) is 0 Å². The van der Waals surface area contributed by atoms with Crippen LogP contribution in [0.25, 0.3) is 0 Å². The van der Waals surface area contributed by atoms with Gasteiger partial charge >= 0.3 is 0 Å². The molecule has 0 aromatic carbocycles. The molecule has 2 fully saturated rings. The average Bonchev–Trinajstić information content (AvgIpc) is 2.50. The second-order valence-corrected chi connectivity index (χ2v) is 5.33. The predicted octanol–water partition coefficient (Wildman–Crippen LogP) is -2.06. The SMILES string of the molecule is C1CCNCC1.CNC(=O)C1NC(C)C(O)C(O)C1O. The Morgan fingerprint density at radius 1 is 1.05 bits per heavy atom. The van der Waals surface area contributed by atoms with E-state index in [9.17, 15) is 20.1 Å². The van der Waals surface area contributed by atoms with Gasteiger partial charge in [0.05, 0.1) is 6.10 Å². The molecular formula is C13H27N3O4. The first kappa shape index (κ1) is 17.3. The first-order valence-corrected chi connectivity index (χ1v) is 7.21. The van der Waals surface area contributed by atoms with E-state index < -0.39 is 36.3 Å². The Labute approximate surface area is 119 Å². The highest BCUT2D eigenvalue weighted by atomic mass is 16.4. The van der Waals surface area contributed by atoms with Crippen LogP contribution >= 0.6 is 0 Å². The molecule has 0 aromatic heterocycles. The monoisotopic (exact) mass is 289 g/mol. The minimum atomic E-state index is -1.30. The molecule has 0 aliphatic carbocycles. The Kier molecular flexibility index (Phi) is 7.39. The highest BCUT2D eigenvalue weighted by Gasteiger charge is 2.43. The molecule has 0 spiro atoms. The van der Waals surface area contributed by atoms with E-state index in [1.54, 1.807) is 6.92 Å². The van der Waals surface area contributed by atoms with Gasteiger partial charge in [-0.15, -0.1) is 0 Å². The van der Waals surface area contributed by atoms with Gasteiger partial charge < -0.3 is 26.0 Å². The van der Waals surface area contributed by atoms with Crippen LogP contribution in [0.1, 0.15) is 26.2 Å². The topological polar surface area (TPSA) is 114 Å². The third kappa shape index (κ3) is 4.68. The molecule has 7 heteroatoms. The maximum atomic E-state index is 11.2. The van der Waals surface area contributed by atoms with Crippen LogP contribution in [0.3, 0.4) is 0 Å². The zero-order valence-corrected chi connectivity index (χ0v) is 12.2. The number of rotatable bonds is 1. The number of amides is 1. The summed E-state index contributed by atoms with van der Waals surface area (Å²) in [4.78, 5) is 11.2. The fourth-order valence-corrected chi connectivity index (χ4v) is 2.36. The molecule has 0 saturated carbocycles. The number of carbonyl (C=O) groups excluding carboxylic acids is 1. The lowest BCUT2D eigenvalue weighted by Gasteiger charge is -2.39. The number of nitrogens with one attached hydrogen (secondary N) is 3. The molecule has 2 saturated heterocycles. The van der Waals surface area contributed by atoms with Gasteiger partial charge in [-0.1, -0.05) is 6.42 Å². The maximum absolute atomic E-state index is 11.2. The molecule has 6 N–H and O–H groups in total. The van der Waals surface area contributed by atoms with E-state index in [1.165, 1.54) is 39.4 Å². The summed E-state index contributed by atoms with van der Waals surface area (Å²) in [7, 11) is 1.44. The van der Waals surface area contributed by atoms with Gasteiger partial charge in [-0.25, -0.2) is 0 Å². The van der Waals surface area contributed by atoms with Gasteiger partial charge in [0.1, 0.15) is 18.2 Å². The first-order valence-electron chi connectivity index (χ1n) is 7.21. The van der Waals surface area contributed by atoms with E-state index in [-0.39, 0.29) is 0 Å². The third-order valence-electron chi connectivity index (χ3n) is 3.73. The summed E-state index contributed by atoms with van der Waals surface area (Å²) in [6, 6.07) is -1.32. The highest BCUT2D eigenvalue weighted by Crippen LogP contribution is 2.15. The Hall–Kier alpha value is -0.730. The number of hydrogen-bond acceptors (Lipinski definition) is 6. The highest BCUT2D eigenvalue weighted by molar-refractivity contribution is 5.82. The van der Waals surface area contributed by atoms with E-state index in [0.29, 0.717) is 0 Å². The number of aliphatic hydroxyl groups excluding tert-OH is 3. The Morgan fingerprint density at radius 2 is 1.65 bits per heavy atom. The summed E-state index contributed by atoms with van der Waals surface area (Å²) in [5, 5.41) is 36.7. The van der Waals surface area contributed by atoms with Crippen molar-refractivity contribution < 1.29 is 20.1 Å². The van der Waals surface area contributed by atoms with Crippen LogP contribution in [-0.2, 0) is 4.79 Å². The molecule has 2 aliphatic rings. The molecule has 7 nitrogen and oxygen atoms in total. The van der Waals surface area contributed by atoms with Crippen molar-refractivity contribution >= 4 is 5.91 Å². The number of aliphatic hydroxyl groups is 3. The van der Waals surface area contributed by atoms with Crippen molar-refractivity contribution in [2.75, 3.05) is 20.1 Å². The Balaban J connectivity index is 0.000000276. The van der Waals surface area contributed by atoms with Crippen LogP contribution in [0, 0.1) is 0 Å². The molecule has 5 unspecified atom stereocenters. The molecule has 5 atom stereocenters. The first-order chi connectivity index (χ1) is 9.49. The van der Waals surface area contributed by atoms with E-state index in [1.807, 2.05) is 0 Å². The van der Waals surface area contributed by atoms with Crippen molar-refractivity contribution in [2.45, 2.75) is 56.6 Å². The molecule has 0 aromatic rings. The van der Waals surface area contributed by atoms with Gasteiger partial charge in [0.25, 0.3) is 0 Å². The number of hydrogen-bond donors (Lipinski definition) is 6. The zero-order chi connectivity index (χ0) is 15.1. The molecule has 20 heavy (non-hydrogen) atoms. The standard InChI is InChI=1S/C8H16N2O4.C5H11N/c1-3-5(11)7(13)6(12)4(10-3)8(14)9-2;1-2-4-6-5-3-1/h3-7,10-13H,1-2H3,(H,9,14);6H,1-5H2. The van der Waals surface area contributed by atoms with Gasteiger partial charge in [0.2, 0.25) is 5.91 Å². The molecule has 2 aliphatic heterocycles. The largest absolute Gasteiger partial charge is 0.389 e. The molecule has 0 bridgehead atoms. The van der Waals surface area contributed by atoms with Crippen molar-refractivity contribution in [3.8, 4) is 0 Å². The normalized spacial score (nSPS) is 37.5. The fraction of sp³-hybridized carbons (Fsp3) is 0.923. The van der Waals surface area contributed by atoms with Gasteiger partial charge in [0.15, 0.2) is 0 Å². The van der Waals surface area contributed by atoms with E-state index in [4.69, 9.17) is 0 Å². The lowest BCUT2D eigenvalue weighted by atomic mass is 9.91. The van der Waals surface area contributed by atoms with Crippen LogP contribution < -0.4 is 16.0 Å².